The van der Waals surface area contributed by atoms with E-state index in [9.17, 15) is 4.79 Å². The molecule has 2 N–H and O–H groups in total. The second-order valence-electron chi connectivity index (χ2n) is 5.50. The zero-order chi connectivity index (χ0) is 13.5. The maximum absolute atomic E-state index is 11.8. The van der Waals surface area contributed by atoms with Crippen LogP contribution in [0, 0.1) is 5.92 Å². The van der Waals surface area contributed by atoms with E-state index in [1.165, 1.54) is 13.5 Å². The van der Waals surface area contributed by atoms with Gasteiger partial charge in [-0.05, 0) is 53.0 Å². The lowest BCUT2D eigenvalue weighted by Crippen LogP contribution is -2.37. The maximum atomic E-state index is 11.8. The average Bonchev–Trinajstić information content (AvgIpc) is 2.43. The molecule has 1 unspecified atom stereocenters. The first-order valence-electron chi connectivity index (χ1n) is 6.44. The van der Waals surface area contributed by atoms with E-state index in [1.807, 2.05) is 25.7 Å². The van der Waals surface area contributed by atoms with Gasteiger partial charge in [0.15, 0.2) is 0 Å². The van der Waals surface area contributed by atoms with E-state index in [0.717, 1.165) is 31.8 Å². The molecule has 1 atom stereocenters. The molecule has 17 heavy (non-hydrogen) atoms. The predicted molar refractivity (Wildman–Crippen MR) is 70.9 cm³/mol. The van der Waals surface area contributed by atoms with Crippen molar-refractivity contribution < 1.29 is 9.53 Å². The molecule has 1 saturated heterocycles. The number of hydrogen-bond donors (Lipinski definition) is 1. The van der Waals surface area contributed by atoms with Crippen LogP contribution in [-0.2, 0) is 4.74 Å². The molecular weight excluding hydrogens is 216 g/mol. The summed E-state index contributed by atoms with van der Waals surface area (Å²) in [5.74, 6) is 0.734. The van der Waals surface area contributed by atoms with Gasteiger partial charge in [-0.2, -0.15) is 0 Å². The van der Waals surface area contributed by atoms with Crippen LogP contribution < -0.4 is 5.73 Å². The normalized spacial score (nSPS) is 21.1. The van der Waals surface area contributed by atoms with Gasteiger partial charge >= 0.3 is 6.09 Å². The molecule has 1 heterocycles. The smallest absolute Gasteiger partial charge is 0.410 e. The minimum absolute atomic E-state index is 0.156. The fourth-order valence-electron chi connectivity index (χ4n) is 1.77. The number of amides is 1. The quantitative estimate of drug-likeness (QED) is 0.712. The number of ether oxygens (including phenoxy) is 1. The Hall–Kier alpha value is -0.770. The molecule has 0 saturated carbocycles. The molecular formula is C13H28N2O2. The zero-order valence-corrected chi connectivity index (χ0v) is 12.0. The minimum Gasteiger partial charge on any atom is -0.444 e. The highest BCUT2D eigenvalue weighted by atomic mass is 16.6. The van der Waals surface area contributed by atoms with Crippen molar-refractivity contribution in [2.75, 3.05) is 20.1 Å². The Morgan fingerprint density at radius 3 is 2.35 bits per heavy atom. The zero-order valence-electron chi connectivity index (χ0n) is 12.0. The summed E-state index contributed by atoms with van der Waals surface area (Å²) in [7, 11) is 1.50. The van der Waals surface area contributed by atoms with Crippen molar-refractivity contribution in [2.24, 2.45) is 11.7 Å². The number of nitrogens with two attached hydrogens (primary N) is 1. The summed E-state index contributed by atoms with van der Waals surface area (Å²) in [5.41, 5.74) is 4.12. The summed E-state index contributed by atoms with van der Waals surface area (Å²) >= 11 is 0. The third-order valence-corrected chi connectivity index (χ3v) is 2.67. The van der Waals surface area contributed by atoms with E-state index in [-0.39, 0.29) is 11.7 Å². The first kappa shape index (κ1) is 16.2. The van der Waals surface area contributed by atoms with Gasteiger partial charge in [-0.15, -0.1) is 0 Å². The van der Waals surface area contributed by atoms with Crippen molar-refractivity contribution in [3.05, 3.63) is 0 Å². The fraction of sp³-hybridized carbons (Fsp3) is 0.923. The number of nitrogens with zero attached hydrogens (tertiary/aromatic N) is 1. The Morgan fingerprint density at radius 2 is 1.82 bits per heavy atom. The number of carbonyl (C=O) groups is 1. The molecule has 1 aliphatic heterocycles. The molecule has 0 aromatic rings. The van der Waals surface area contributed by atoms with Gasteiger partial charge in [-0.3, -0.25) is 0 Å². The summed E-state index contributed by atoms with van der Waals surface area (Å²) in [4.78, 5) is 13.6. The highest BCUT2D eigenvalue weighted by molar-refractivity contribution is 5.68. The molecule has 0 radical (unpaired) electrons. The van der Waals surface area contributed by atoms with Gasteiger partial charge in [-0.25, -0.2) is 4.79 Å². The molecule has 4 heteroatoms. The lowest BCUT2D eigenvalue weighted by molar-refractivity contribution is 0.0255. The van der Waals surface area contributed by atoms with Crippen LogP contribution in [0.5, 0.6) is 0 Å². The standard InChI is InChI=1S/C12H23NO2.CH5N/c1-10-6-5-8-13(9-7-10)11(14)15-12(2,3)4;1-2/h10H,5-9H2,1-4H3;2H2,1H3. The van der Waals surface area contributed by atoms with E-state index in [1.54, 1.807) is 0 Å². The SMILES string of the molecule is CC1CCCN(C(=O)OC(C)(C)C)CC1.CN. The third kappa shape index (κ3) is 7.21. The van der Waals surface area contributed by atoms with E-state index in [4.69, 9.17) is 4.74 Å². The van der Waals surface area contributed by atoms with Crippen LogP contribution in [0.15, 0.2) is 0 Å². The average molecular weight is 244 g/mol. The number of likely N-dealkylation sites (tertiary alicyclic amines) is 1. The molecule has 1 rings (SSSR count). The van der Waals surface area contributed by atoms with Crippen molar-refractivity contribution in [2.45, 2.75) is 52.6 Å². The summed E-state index contributed by atoms with van der Waals surface area (Å²) in [6.07, 6.45) is 3.26. The van der Waals surface area contributed by atoms with Gasteiger partial charge in [0.05, 0.1) is 0 Å². The Kier molecular flexibility index (Phi) is 7.19. The maximum Gasteiger partial charge on any atom is 0.410 e. The molecule has 1 aliphatic rings. The second kappa shape index (κ2) is 7.54. The Labute approximate surface area is 105 Å². The number of rotatable bonds is 0. The van der Waals surface area contributed by atoms with Gasteiger partial charge in [0, 0.05) is 13.1 Å². The monoisotopic (exact) mass is 244 g/mol. The van der Waals surface area contributed by atoms with E-state index < -0.39 is 0 Å². The van der Waals surface area contributed by atoms with E-state index >= 15 is 0 Å². The summed E-state index contributed by atoms with van der Waals surface area (Å²) in [6, 6.07) is 0. The molecule has 1 fully saturated rings. The largest absolute Gasteiger partial charge is 0.444 e. The van der Waals surface area contributed by atoms with Gasteiger partial charge in [0.1, 0.15) is 5.60 Å². The molecule has 102 valence electrons. The van der Waals surface area contributed by atoms with Crippen molar-refractivity contribution >= 4 is 6.09 Å². The number of carbonyl (C=O) groups excluding carboxylic acids is 1. The molecule has 1 amide bonds. The van der Waals surface area contributed by atoms with Crippen LogP contribution in [-0.4, -0.2) is 36.7 Å². The first-order chi connectivity index (χ1) is 7.88. The summed E-state index contributed by atoms with van der Waals surface area (Å²) < 4.78 is 5.35. The van der Waals surface area contributed by atoms with Crippen LogP contribution in [0.3, 0.4) is 0 Å². The second-order valence-corrected chi connectivity index (χ2v) is 5.50. The number of hydrogen-bond acceptors (Lipinski definition) is 3. The Morgan fingerprint density at radius 1 is 1.24 bits per heavy atom. The van der Waals surface area contributed by atoms with Gasteiger partial charge in [0.2, 0.25) is 0 Å². The highest BCUT2D eigenvalue weighted by Gasteiger charge is 2.23. The minimum atomic E-state index is -0.380. The predicted octanol–water partition coefficient (Wildman–Crippen LogP) is 2.62. The summed E-state index contributed by atoms with van der Waals surface area (Å²) in [6.45, 7) is 9.66. The van der Waals surface area contributed by atoms with Gasteiger partial charge < -0.3 is 15.4 Å². The lowest BCUT2D eigenvalue weighted by atomic mass is 10.0. The Balaban J connectivity index is 0.00000121. The molecule has 4 nitrogen and oxygen atoms in total. The Bertz CT molecular complexity index is 224. The van der Waals surface area contributed by atoms with Crippen LogP contribution >= 0.6 is 0 Å². The third-order valence-electron chi connectivity index (χ3n) is 2.67. The van der Waals surface area contributed by atoms with Gasteiger partial charge in [0.25, 0.3) is 0 Å². The lowest BCUT2D eigenvalue weighted by Gasteiger charge is -2.26. The first-order valence-corrected chi connectivity index (χ1v) is 6.44. The van der Waals surface area contributed by atoms with Crippen molar-refractivity contribution in [1.29, 1.82) is 0 Å². The summed E-state index contributed by atoms with van der Waals surface area (Å²) in [5, 5.41) is 0. The van der Waals surface area contributed by atoms with Crippen molar-refractivity contribution in [1.82, 2.24) is 4.90 Å². The van der Waals surface area contributed by atoms with Crippen LogP contribution in [0.2, 0.25) is 0 Å². The van der Waals surface area contributed by atoms with Crippen LogP contribution in [0.4, 0.5) is 4.79 Å². The van der Waals surface area contributed by atoms with Crippen molar-refractivity contribution in [3.63, 3.8) is 0 Å². The van der Waals surface area contributed by atoms with E-state index in [0.29, 0.717) is 0 Å². The fourth-order valence-corrected chi connectivity index (χ4v) is 1.77. The molecule has 0 aromatic carbocycles. The molecule has 0 aliphatic carbocycles. The van der Waals surface area contributed by atoms with E-state index in [2.05, 4.69) is 12.7 Å². The van der Waals surface area contributed by atoms with Gasteiger partial charge in [-0.1, -0.05) is 6.92 Å². The molecule has 0 bridgehead atoms. The molecule has 0 aromatic heterocycles. The van der Waals surface area contributed by atoms with Crippen LogP contribution in [0.1, 0.15) is 47.0 Å². The van der Waals surface area contributed by atoms with Crippen molar-refractivity contribution in [3.8, 4) is 0 Å². The highest BCUT2D eigenvalue weighted by Crippen LogP contribution is 2.18. The topological polar surface area (TPSA) is 55.6 Å². The van der Waals surface area contributed by atoms with Crippen LogP contribution in [0.25, 0.3) is 0 Å². The molecule has 0 spiro atoms.